The fraction of sp³-hybridized carbons (Fsp3) is 0.667. The first kappa shape index (κ1) is 14.4. The third kappa shape index (κ3) is 3.53. The number of pyridine rings is 1. The average molecular weight is 263 g/mol. The Morgan fingerprint density at radius 3 is 2.84 bits per heavy atom. The molecule has 1 saturated heterocycles. The van der Waals surface area contributed by atoms with Crippen molar-refractivity contribution in [2.24, 2.45) is 11.7 Å². The van der Waals surface area contributed by atoms with Gasteiger partial charge in [0.25, 0.3) is 0 Å². The van der Waals surface area contributed by atoms with E-state index in [4.69, 9.17) is 5.73 Å². The smallest absolute Gasteiger partial charge is 0.0500 e. The molecule has 0 bridgehead atoms. The lowest BCUT2D eigenvalue weighted by atomic mass is 9.91. The van der Waals surface area contributed by atoms with E-state index in [-0.39, 0.29) is 18.7 Å². The summed E-state index contributed by atoms with van der Waals surface area (Å²) < 4.78 is 0. The quantitative estimate of drug-likeness (QED) is 0.846. The summed E-state index contributed by atoms with van der Waals surface area (Å²) in [6.07, 6.45) is 6.88. The Labute approximate surface area is 115 Å². The van der Waals surface area contributed by atoms with Crippen molar-refractivity contribution in [2.75, 3.05) is 19.7 Å². The van der Waals surface area contributed by atoms with Gasteiger partial charge in [-0.25, -0.2) is 0 Å². The Kier molecular flexibility index (Phi) is 5.31. The largest absolute Gasteiger partial charge is 0.396 e. The Morgan fingerprint density at radius 1 is 1.47 bits per heavy atom. The molecule has 1 fully saturated rings. The summed E-state index contributed by atoms with van der Waals surface area (Å²) in [6, 6.07) is 4.48. The summed E-state index contributed by atoms with van der Waals surface area (Å²) in [6.45, 7) is 4.42. The van der Waals surface area contributed by atoms with E-state index in [1.54, 1.807) is 0 Å². The lowest BCUT2D eigenvalue weighted by Gasteiger charge is -2.40. The van der Waals surface area contributed by atoms with Gasteiger partial charge in [-0.05, 0) is 49.4 Å². The van der Waals surface area contributed by atoms with E-state index in [2.05, 4.69) is 28.9 Å². The van der Waals surface area contributed by atoms with Crippen LogP contribution in [0.5, 0.6) is 0 Å². The summed E-state index contributed by atoms with van der Waals surface area (Å²) >= 11 is 0. The van der Waals surface area contributed by atoms with Crippen LogP contribution < -0.4 is 5.73 Å². The second-order valence-electron chi connectivity index (χ2n) is 5.48. The molecular weight excluding hydrogens is 238 g/mol. The van der Waals surface area contributed by atoms with Crippen LogP contribution in [0.3, 0.4) is 0 Å². The van der Waals surface area contributed by atoms with Gasteiger partial charge in [0.1, 0.15) is 0 Å². The van der Waals surface area contributed by atoms with Gasteiger partial charge in [-0.3, -0.25) is 9.88 Å². The zero-order chi connectivity index (χ0) is 13.7. The van der Waals surface area contributed by atoms with Crippen LogP contribution in [0.1, 0.15) is 37.8 Å². The lowest BCUT2D eigenvalue weighted by molar-refractivity contribution is 0.0763. The second-order valence-corrected chi connectivity index (χ2v) is 5.48. The predicted octanol–water partition coefficient (Wildman–Crippen LogP) is 1.56. The molecule has 3 unspecified atom stereocenters. The molecule has 3 atom stereocenters. The Balaban J connectivity index is 2.18. The number of hydrogen-bond donors (Lipinski definition) is 2. The number of hydrogen-bond acceptors (Lipinski definition) is 4. The van der Waals surface area contributed by atoms with Crippen molar-refractivity contribution < 1.29 is 5.11 Å². The molecule has 0 amide bonds. The molecule has 0 spiro atoms. The second kappa shape index (κ2) is 6.98. The molecule has 4 heteroatoms. The number of aromatic nitrogens is 1. The van der Waals surface area contributed by atoms with Crippen LogP contribution in [0.4, 0.5) is 0 Å². The van der Waals surface area contributed by atoms with E-state index < -0.39 is 0 Å². The van der Waals surface area contributed by atoms with Crippen molar-refractivity contribution in [1.29, 1.82) is 0 Å². The average Bonchev–Trinajstić information content (AvgIpc) is 2.48. The number of rotatable bonds is 5. The number of nitrogens with zero attached hydrogens (tertiary/aromatic N) is 2. The number of aliphatic hydroxyl groups is 1. The van der Waals surface area contributed by atoms with Crippen molar-refractivity contribution >= 4 is 0 Å². The molecule has 1 aromatic heterocycles. The predicted molar refractivity (Wildman–Crippen MR) is 76.6 cm³/mol. The van der Waals surface area contributed by atoms with Crippen LogP contribution in [0, 0.1) is 5.92 Å². The van der Waals surface area contributed by atoms with E-state index in [1.807, 2.05) is 12.4 Å². The molecule has 1 aliphatic rings. The molecule has 1 aromatic rings. The van der Waals surface area contributed by atoms with Crippen LogP contribution in [-0.2, 0) is 0 Å². The summed E-state index contributed by atoms with van der Waals surface area (Å²) in [4.78, 5) is 6.53. The first-order valence-electron chi connectivity index (χ1n) is 7.26. The fourth-order valence-electron chi connectivity index (χ4n) is 3.01. The van der Waals surface area contributed by atoms with Gasteiger partial charge in [0.15, 0.2) is 0 Å². The third-order valence-corrected chi connectivity index (χ3v) is 4.13. The molecular formula is C15H25N3O. The van der Waals surface area contributed by atoms with Gasteiger partial charge in [-0.1, -0.05) is 6.92 Å². The molecule has 2 rings (SSSR count). The zero-order valence-corrected chi connectivity index (χ0v) is 11.7. The topological polar surface area (TPSA) is 62.4 Å². The third-order valence-electron chi connectivity index (χ3n) is 4.13. The van der Waals surface area contributed by atoms with E-state index >= 15 is 0 Å². The minimum atomic E-state index is 0.125. The van der Waals surface area contributed by atoms with Crippen LogP contribution in [-0.4, -0.2) is 40.7 Å². The first-order chi connectivity index (χ1) is 9.26. The summed E-state index contributed by atoms with van der Waals surface area (Å²) in [5.74, 6) is 0.391. The molecule has 2 heterocycles. The molecule has 0 aromatic carbocycles. The summed E-state index contributed by atoms with van der Waals surface area (Å²) in [7, 11) is 0. The maximum absolute atomic E-state index is 9.39. The highest BCUT2D eigenvalue weighted by Crippen LogP contribution is 2.29. The van der Waals surface area contributed by atoms with Crippen molar-refractivity contribution in [3.8, 4) is 0 Å². The van der Waals surface area contributed by atoms with Gasteiger partial charge >= 0.3 is 0 Å². The Morgan fingerprint density at radius 2 is 2.21 bits per heavy atom. The van der Waals surface area contributed by atoms with Crippen molar-refractivity contribution in [2.45, 2.75) is 38.3 Å². The van der Waals surface area contributed by atoms with Gasteiger partial charge in [0.05, 0.1) is 0 Å². The lowest BCUT2D eigenvalue weighted by Crippen LogP contribution is -2.46. The van der Waals surface area contributed by atoms with Crippen LogP contribution in [0.25, 0.3) is 0 Å². The Bertz CT molecular complexity index is 371. The number of piperidine rings is 1. The van der Waals surface area contributed by atoms with E-state index in [9.17, 15) is 5.11 Å². The Hall–Kier alpha value is -0.970. The molecule has 19 heavy (non-hydrogen) atoms. The molecule has 3 N–H and O–H groups in total. The molecule has 1 aliphatic heterocycles. The van der Waals surface area contributed by atoms with Crippen LogP contribution >= 0.6 is 0 Å². The highest BCUT2D eigenvalue weighted by Gasteiger charge is 2.29. The highest BCUT2D eigenvalue weighted by molar-refractivity contribution is 5.17. The molecule has 0 aliphatic carbocycles. The minimum Gasteiger partial charge on any atom is -0.396 e. The van der Waals surface area contributed by atoms with Gasteiger partial charge < -0.3 is 10.8 Å². The number of aliphatic hydroxyl groups excluding tert-OH is 1. The van der Waals surface area contributed by atoms with Gasteiger partial charge in [0, 0.05) is 37.6 Å². The normalized spacial score (nSPS) is 24.1. The molecule has 0 saturated carbocycles. The van der Waals surface area contributed by atoms with E-state index in [0.29, 0.717) is 5.92 Å². The first-order valence-corrected chi connectivity index (χ1v) is 7.26. The minimum absolute atomic E-state index is 0.125. The number of nitrogens with two attached hydrogens (primary N) is 1. The van der Waals surface area contributed by atoms with Gasteiger partial charge in [-0.2, -0.15) is 0 Å². The fourth-order valence-corrected chi connectivity index (χ4v) is 3.01. The van der Waals surface area contributed by atoms with E-state index in [1.165, 1.54) is 5.56 Å². The monoisotopic (exact) mass is 263 g/mol. The van der Waals surface area contributed by atoms with Gasteiger partial charge in [-0.15, -0.1) is 0 Å². The van der Waals surface area contributed by atoms with E-state index in [0.717, 1.165) is 32.4 Å². The maximum atomic E-state index is 9.39. The summed E-state index contributed by atoms with van der Waals surface area (Å²) in [5, 5.41) is 9.39. The number of likely N-dealkylation sites (tertiary alicyclic amines) is 1. The van der Waals surface area contributed by atoms with Crippen molar-refractivity contribution in [3.05, 3.63) is 30.1 Å². The molecule has 106 valence electrons. The zero-order valence-electron chi connectivity index (χ0n) is 11.7. The standard InChI is InChI=1S/C15H25N3O/c1-2-14(16)15(13-5-7-17-8-6-13)18-9-3-4-12(10-18)11-19/h5-8,12,14-15,19H,2-4,9-11,16H2,1H3. The highest BCUT2D eigenvalue weighted by atomic mass is 16.3. The van der Waals surface area contributed by atoms with Crippen molar-refractivity contribution in [3.63, 3.8) is 0 Å². The molecule has 4 nitrogen and oxygen atoms in total. The SMILES string of the molecule is CCC(N)C(c1ccncc1)N1CCCC(CO)C1. The van der Waals surface area contributed by atoms with Crippen LogP contribution in [0.2, 0.25) is 0 Å². The summed E-state index contributed by atoms with van der Waals surface area (Å²) in [5.41, 5.74) is 7.58. The van der Waals surface area contributed by atoms with Crippen LogP contribution in [0.15, 0.2) is 24.5 Å². The maximum Gasteiger partial charge on any atom is 0.0500 e. The van der Waals surface area contributed by atoms with Crippen molar-refractivity contribution in [1.82, 2.24) is 9.88 Å². The van der Waals surface area contributed by atoms with Gasteiger partial charge in [0.2, 0.25) is 0 Å². The molecule has 0 radical (unpaired) electrons.